The lowest BCUT2D eigenvalue weighted by Gasteiger charge is -2.28. The molecule has 9 nitrogen and oxygen atoms in total. The molecule has 2 rings (SSSR count). The van der Waals surface area contributed by atoms with Crippen LogP contribution in [-0.4, -0.2) is 66.0 Å². The number of aryl methyl sites for hydroxylation is 2. The summed E-state index contributed by atoms with van der Waals surface area (Å²) in [5, 5.41) is 0. The Morgan fingerprint density at radius 1 is 0.762 bits per heavy atom. The Morgan fingerprint density at radius 3 is 1.71 bits per heavy atom. The minimum atomic E-state index is -0.268. The van der Waals surface area contributed by atoms with E-state index in [1.54, 1.807) is 35.4 Å². The van der Waals surface area contributed by atoms with Crippen molar-refractivity contribution >= 4 is 17.7 Å². The van der Waals surface area contributed by atoms with Crippen molar-refractivity contribution in [2.75, 3.05) is 48.3 Å². The normalized spacial score (nSPS) is 9.90. The third kappa shape index (κ3) is 19.6. The van der Waals surface area contributed by atoms with Crippen LogP contribution < -0.4 is 9.47 Å². The molecule has 0 amide bonds. The van der Waals surface area contributed by atoms with Crippen molar-refractivity contribution in [3.8, 4) is 11.5 Å². The largest absolute Gasteiger partial charge is 0.497 e. The van der Waals surface area contributed by atoms with E-state index < -0.39 is 0 Å². The zero-order valence-corrected chi connectivity index (χ0v) is 27.7. The van der Waals surface area contributed by atoms with Crippen LogP contribution in [0.15, 0.2) is 36.4 Å². The lowest BCUT2D eigenvalue weighted by molar-refractivity contribution is -0.143. The monoisotopic (exact) mass is 592 g/mol. The molecule has 238 valence electrons. The Kier molecular flexibility index (Phi) is 22.5. The second kappa shape index (κ2) is 23.2. The van der Waals surface area contributed by atoms with E-state index in [9.17, 15) is 14.4 Å². The van der Waals surface area contributed by atoms with Crippen LogP contribution in [0.4, 0.5) is 0 Å². The van der Waals surface area contributed by atoms with Gasteiger partial charge in [-0.1, -0.05) is 32.0 Å². The topological polar surface area (TPSA) is 107 Å². The van der Waals surface area contributed by atoms with E-state index in [-0.39, 0.29) is 23.1 Å². The van der Waals surface area contributed by atoms with E-state index in [0.717, 1.165) is 29.2 Å². The van der Waals surface area contributed by atoms with Gasteiger partial charge in [-0.05, 0) is 62.6 Å². The van der Waals surface area contributed by atoms with Crippen LogP contribution in [-0.2, 0) is 45.4 Å². The van der Waals surface area contributed by atoms with E-state index in [1.165, 1.54) is 25.0 Å². The van der Waals surface area contributed by atoms with Crippen LogP contribution in [0.1, 0.15) is 70.2 Å². The number of Topliss-reactive ketones (excluding diaryl/α,β-unsaturated/α-hetero) is 1. The number of ether oxygens (including phenoxy) is 6. The summed E-state index contributed by atoms with van der Waals surface area (Å²) in [5.74, 6) is 1.36. The molecule has 0 N–H and O–H groups in total. The van der Waals surface area contributed by atoms with Crippen molar-refractivity contribution in [1.29, 1.82) is 0 Å². The molecule has 2 aromatic rings. The molecule has 0 atom stereocenters. The summed E-state index contributed by atoms with van der Waals surface area (Å²) in [5.41, 5.74) is 4.28. The third-order valence-corrected chi connectivity index (χ3v) is 5.51. The van der Waals surface area contributed by atoms with Crippen molar-refractivity contribution < 1.29 is 42.8 Å². The van der Waals surface area contributed by atoms with Gasteiger partial charge in [0.2, 0.25) is 0 Å². The molecule has 0 heterocycles. The molecule has 9 heteroatoms. The molecule has 0 radical (unpaired) electrons. The Labute approximate surface area is 252 Å². The quantitative estimate of drug-likeness (QED) is 0.223. The molecule has 0 aliphatic heterocycles. The van der Waals surface area contributed by atoms with Crippen molar-refractivity contribution in [3.63, 3.8) is 0 Å². The summed E-state index contributed by atoms with van der Waals surface area (Å²) in [7, 11) is 6.53. The number of esters is 2. The first-order valence-corrected chi connectivity index (χ1v) is 13.7. The van der Waals surface area contributed by atoms with Crippen LogP contribution in [0.3, 0.4) is 0 Å². The average Bonchev–Trinajstić information content (AvgIpc) is 2.91. The molecule has 0 spiro atoms. The smallest absolute Gasteiger partial charge is 0.302 e. The lowest BCUT2D eigenvalue weighted by atomic mass is 9.77. The van der Waals surface area contributed by atoms with Gasteiger partial charge in [0, 0.05) is 52.1 Å². The average molecular weight is 593 g/mol. The van der Waals surface area contributed by atoms with Gasteiger partial charge >= 0.3 is 11.9 Å². The lowest BCUT2D eigenvalue weighted by Crippen LogP contribution is -2.23. The molecule has 0 aliphatic rings. The predicted molar refractivity (Wildman–Crippen MR) is 165 cm³/mol. The van der Waals surface area contributed by atoms with Gasteiger partial charge < -0.3 is 28.4 Å². The van der Waals surface area contributed by atoms with E-state index in [1.807, 2.05) is 37.3 Å². The van der Waals surface area contributed by atoms with Crippen LogP contribution in [0.5, 0.6) is 11.5 Å². The molecule has 0 unspecified atom stereocenters. The fourth-order valence-electron chi connectivity index (χ4n) is 3.84. The van der Waals surface area contributed by atoms with Crippen LogP contribution in [0.25, 0.3) is 0 Å². The summed E-state index contributed by atoms with van der Waals surface area (Å²) in [6, 6.07) is 11.6. The van der Waals surface area contributed by atoms with Crippen molar-refractivity contribution in [3.05, 3.63) is 58.7 Å². The van der Waals surface area contributed by atoms with E-state index in [0.29, 0.717) is 26.2 Å². The summed E-state index contributed by atoms with van der Waals surface area (Å²) < 4.78 is 28.9. The van der Waals surface area contributed by atoms with Crippen LogP contribution >= 0.6 is 0 Å². The molecule has 0 saturated carbocycles. The van der Waals surface area contributed by atoms with Crippen molar-refractivity contribution in [1.82, 2.24) is 0 Å². The van der Waals surface area contributed by atoms with Crippen molar-refractivity contribution in [2.45, 2.75) is 73.8 Å². The van der Waals surface area contributed by atoms with Gasteiger partial charge in [0.05, 0.1) is 20.8 Å². The number of hydrogen-bond acceptors (Lipinski definition) is 9. The van der Waals surface area contributed by atoms with Gasteiger partial charge in [0.25, 0.3) is 0 Å². The number of benzene rings is 2. The van der Waals surface area contributed by atoms with Gasteiger partial charge in [-0.2, -0.15) is 0 Å². The number of rotatable bonds is 11. The number of methoxy groups -OCH3 is 4. The SMILES string of the molecule is CCOC.COCCOC(C)=O.COc1cc(C)cc(C)c1C(C)(C)CC(C)=O.COc1ccc(COC(C)=O)cc1. The molecular weight excluding hydrogens is 540 g/mol. The zero-order chi connectivity index (χ0) is 32.7. The number of ketones is 1. The van der Waals surface area contributed by atoms with Gasteiger partial charge in [0.1, 0.15) is 30.5 Å². The third-order valence-electron chi connectivity index (χ3n) is 5.51. The van der Waals surface area contributed by atoms with Crippen molar-refractivity contribution in [2.24, 2.45) is 0 Å². The minimum absolute atomic E-state index is 0.186. The van der Waals surface area contributed by atoms with Gasteiger partial charge in [0.15, 0.2) is 0 Å². The Hall–Kier alpha value is -3.43. The first-order chi connectivity index (χ1) is 19.7. The van der Waals surface area contributed by atoms with Gasteiger partial charge in [-0.3, -0.25) is 14.4 Å². The highest BCUT2D eigenvalue weighted by molar-refractivity contribution is 5.77. The summed E-state index contributed by atoms with van der Waals surface area (Å²) in [4.78, 5) is 31.9. The molecule has 0 aliphatic carbocycles. The van der Waals surface area contributed by atoms with Crippen LogP contribution in [0.2, 0.25) is 0 Å². The predicted octanol–water partition coefficient (Wildman–Crippen LogP) is 6.18. The maximum atomic E-state index is 11.4. The van der Waals surface area contributed by atoms with Gasteiger partial charge in [-0.15, -0.1) is 0 Å². The zero-order valence-electron chi connectivity index (χ0n) is 27.7. The molecule has 2 aromatic carbocycles. The number of hydrogen-bond donors (Lipinski definition) is 0. The first-order valence-electron chi connectivity index (χ1n) is 13.7. The number of carbonyl (C=O) groups excluding carboxylic acids is 3. The summed E-state index contributed by atoms with van der Waals surface area (Å²) >= 11 is 0. The van der Waals surface area contributed by atoms with Gasteiger partial charge in [-0.25, -0.2) is 0 Å². The van der Waals surface area contributed by atoms with E-state index in [2.05, 4.69) is 48.0 Å². The molecular formula is C33H52O9. The molecule has 0 saturated heterocycles. The maximum Gasteiger partial charge on any atom is 0.302 e. The highest BCUT2D eigenvalue weighted by Gasteiger charge is 2.28. The fraction of sp³-hybridized carbons (Fsp3) is 0.545. The molecule has 0 aromatic heterocycles. The summed E-state index contributed by atoms with van der Waals surface area (Å²) in [6.45, 7) is 16.6. The van der Waals surface area contributed by atoms with E-state index in [4.69, 9.17) is 14.2 Å². The van der Waals surface area contributed by atoms with E-state index >= 15 is 0 Å². The highest BCUT2D eigenvalue weighted by Crippen LogP contribution is 2.37. The standard InChI is InChI=1S/C15H22O2.C10H12O3.C5H10O3.C3H8O/c1-10-7-11(2)14(13(8-10)17-6)15(4,5)9-12(3)16;1-8(11)13-7-9-3-5-10(12-2)6-4-9;1-5(6)8-4-3-7-2;1-3-4-2/h7-8H,9H2,1-6H3;3-6H,7H2,1-2H3;3-4H2,1-2H3;3H2,1-2H3. The molecule has 0 fully saturated rings. The molecule has 42 heavy (non-hydrogen) atoms. The summed E-state index contributed by atoms with van der Waals surface area (Å²) in [6.07, 6.45) is 0.535. The van der Waals surface area contributed by atoms with Crippen LogP contribution in [0, 0.1) is 13.8 Å². The maximum absolute atomic E-state index is 11.4. The second-order valence-corrected chi connectivity index (χ2v) is 9.96. The second-order valence-electron chi connectivity index (χ2n) is 9.96. The Morgan fingerprint density at radius 2 is 1.31 bits per heavy atom. The molecule has 0 bridgehead atoms. The highest BCUT2D eigenvalue weighted by atomic mass is 16.6. The Balaban J connectivity index is 0. The first kappa shape index (κ1) is 40.7. The minimum Gasteiger partial charge on any atom is -0.497 e. The fourth-order valence-corrected chi connectivity index (χ4v) is 3.84. The Bertz CT molecular complexity index is 1040. The number of carbonyl (C=O) groups is 3.